The summed E-state index contributed by atoms with van der Waals surface area (Å²) in [6.07, 6.45) is 1.50. The summed E-state index contributed by atoms with van der Waals surface area (Å²) in [5.74, 6) is 2.63. The number of benzene rings is 4. The van der Waals surface area contributed by atoms with Crippen molar-refractivity contribution in [2.45, 2.75) is 33.6 Å². The number of hydrogen-bond acceptors (Lipinski definition) is 16. The molecule has 4 aliphatic rings. The largest absolute Gasteiger partial charge is 0.294 e. The minimum Gasteiger partial charge on any atom is -0.294 e. The Morgan fingerprint density at radius 1 is 0.382 bits per heavy atom. The Bertz CT molecular complexity index is 3900. The number of aromatic nitrogens is 15. The van der Waals surface area contributed by atoms with Gasteiger partial charge in [0.15, 0.2) is 34.6 Å². The van der Waals surface area contributed by atoms with Crippen LogP contribution in [0.5, 0.6) is 0 Å². The number of hydrogen-bond donors (Lipinski definition) is 0. The van der Waals surface area contributed by atoms with E-state index in [2.05, 4.69) is 60.8 Å². The number of aryl methyl sites for hydroxylation is 4. The molecule has 0 amide bonds. The molecule has 6 heterocycles. The molecular formula is C45H25Cl4N15O4. The molecule has 0 saturated heterocycles. The molecule has 10 aromatic rings. The summed E-state index contributed by atoms with van der Waals surface area (Å²) < 4.78 is 4.45. The second-order valence-corrected chi connectivity index (χ2v) is 17.3. The van der Waals surface area contributed by atoms with Gasteiger partial charge >= 0.3 is 0 Å². The van der Waals surface area contributed by atoms with Crippen LogP contribution >= 0.6 is 46.4 Å². The molecule has 19 nitrogen and oxygen atoms in total. The second-order valence-electron chi connectivity index (χ2n) is 15.6. The van der Waals surface area contributed by atoms with E-state index in [1.807, 2.05) is 12.1 Å². The van der Waals surface area contributed by atoms with Crippen LogP contribution in [0.2, 0.25) is 20.1 Å². The molecule has 0 radical (unpaired) electrons. The second kappa shape index (κ2) is 16.2. The Balaban J connectivity index is 0.000000101. The van der Waals surface area contributed by atoms with Crippen LogP contribution in [0.4, 0.5) is 0 Å². The van der Waals surface area contributed by atoms with Gasteiger partial charge in [0.25, 0.3) is 17.3 Å². The van der Waals surface area contributed by atoms with Crippen molar-refractivity contribution in [3.63, 3.8) is 0 Å². The van der Waals surface area contributed by atoms with Gasteiger partial charge in [-0.3, -0.25) is 19.2 Å². The van der Waals surface area contributed by atoms with Crippen molar-refractivity contribution in [2.24, 2.45) is 0 Å². The third-order valence-corrected chi connectivity index (χ3v) is 12.3. The average molecular weight is 982 g/mol. The molecule has 0 N–H and O–H groups in total. The average Bonchev–Trinajstić information content (AvgIpc) is 4.21. The minimum absolute atomic E-state index is 0.149. The summed E-state index contributed by atoms with van der Waals surface area (Å²) in [7, 11) is 0. The predicted octanol–water partition coefficient (Wildman–Crippen LogP) is 7.55. The summed E-state index contributed by atoms with van der Waals surface area (Å²) in [6, 6.07) is 20.8. The number of halogens is 4. The number of nitrogens with zero attached hydrogens (tertiary/aromatic N) is 15. The topological polar surface area (TPSA) is 236 Å². The van der Waals surface area contributed by atoms with E-state index >= 15 is 0 Å². The highest BCUT2D eigenvalue weighted by atomic mass is 35.5. The molecule has 0 aliphatic heterocycles. The molecule has 14 rings (SSSR count). The van der Waals surface area contributed by atoms with Gasteiger partial charge in [-0.2, -0.15) is 28.8 Å². The fraction of sp³-hybridized carbons (Fsp3) is 0.111. The van der Waals surface area contributed by atoms with E-state index in [0.717, 1.165) is 33.7 Å². The number of rotatable bonds is 0. The zero-order valence-electron chi connectivity index (χ0n) is 35.2. The summed E-state index contributed by atoms with van der Waals surface area (Å²) in [4.78, 5) is 60.9. The van der Waals surface area contributed by atoms with Crippen LogP contribution in [-0.4, -0.2) is 97.5 Å². The first-order valence-corrected chi connectivity index (χ1v) is 21.9. The fourth-order valence-electron chi connectivity index (χ4n) is 8.06. The van der Waals surface area contributed by atoms with Crippen molar-refractivity contribution in [1.29, 1.82) is 0 Å². The summed E-state index contributed by atoms with van der Waals surface area (Å²) in [5.41, 5.74) is 8.29. The Morgan fingerprint density at radius 2 is 0.765 bits per heavy atom. The normalized spacial score (nSPS) is 13.2. The van der Waals surface area contributed by atoms with Crippen LogP contribution in [0.15, 0.2) is 72.8 Å². The van der Waals surface area contributed by atoms with Crippen molar-refractivity contribution in [2.75, 3.05) is 0 Å². The van der Waals surface area contributed by atoms with Gasteiger partial charge in [0, 0.05) is 65.5 Å². The molecule has 4 aromatic carbocycles. The van der Waals surface area contributed by atoms with Crippen LogP contribution in [0, 0.1) is 20.8 Å². The van der Waals surface area contributed by atoms with Gasteiger partial charge in [-0.05, 0) is 93.4 Å². The number of ketones is 4. The minimum atomic E-state index is -0.178. The van der Waals surface area contributed by atoms with E-state index in [4.69, 9.17) is 46.4 Å². The number of Topliss-reactive ketones (excluding diaryl/α,β-unsaturated/α-hetero) is 1. The number of fused-ring (bicyclic) bond motifs is 13. The van der Waals surface area contributed by atoms with Crippen LogP contribution in [0.3, 0.4) is 0 Å². The van der Waals surface area contributed by atoms with Crippen LogP contribution in [-0.2, 0) is 6.42 Å². The molecule has 0 atom stereocenters. The monoisotopic (exact) mass is 979 g/mol. The summed E-state index contributed by atoms with van der Waals surface area (Å²) in [5, 5.41) is 38.6. The molecule has 0 bridgehead atoms. The van der Waals surface area contributed by atoms with E-state index < -0.39 is 0 Å². The highest BCUT2D eigenvalue weighted by Gasteiger charge is 2.34. The molecule has 0 saturated carbocycles. The van der Waals surface area contributed by atoms with E-state index in [1.165, 1.54) is 13.5 Å². The zero-order valence-corrected chi connectivity index (χ0v) is 38.2. The third-order valence-electron chi connectivity index (χ3n) is 11.3. The lowest BCUT2D eigenvalue weighted by Crippen LogP contribution is -2.06. The highest BCUT2D eigenvalue weighted by Crippen LogP contribution is 2.38. The van der Waals surface area contributed by atoms with Crippen molar-refractivity contribution < 1.29 is 19.2 Å². The first-order valence-electron chi connectivity index (χ1n) is 20.4. The maximum Gasteiger partial charge on any atom is 0.272 e. The lowest BCUT2D eigenvalue weighted by atomic mass is 10.1. The lowest BCUT2D eigenvalue weighted by molar-refractivity contribution is 0.0991. The predicted molar refractivity (Wildman–Crippen MR) is 246 cm³/mol. The van der Waals surface area contributed by atoms with Crippen LogP contribution in [0.1, 0.15) is 88.0 Å². The number of carbonyl (C=O) groups excluding carboxylic acids is 4. The summed E-state index contributed by atoms with van der Waals surface area (Å²) >= 11 is 23.6. The quantitative estimate of drug-likeness (QED) is 0.143. The van der Waals surface area contributed by atoms with E-state index in [9.17, 15) is 19.2 Å². The Kier molecular flexibility index (Phi) is 10.2. The molecule has 0 fully saturated rings. The molecule has 0 unspecified atom stereocenters. The van der Waals surface area contributed by atoms with E-state index in [1.54, 1.807) is 81.4 Å². The Hall–Kier alpha value is -7.84. The van der Waals surface area contributed by atoms with E-state index in [0.29, 0.717) is 113 Å². The van der Waals surface area contributed by atoms with Crippen LogP contribution < -0.4 is 0 Å². The molecule has 23 heteroatoms. The SMILES string of the molecule is Cc1nnc2nc3c(nn12)-c1ccc(Cl)cc1C3=O.Cc1nnc2nc3c(nn12)C(=O)c1cc(Cl)ccc1-3.Cc1nnc2nc3c(nn12)C(=O)c1ccc(Cl)cc1-3.O=C1CCc2cc(Cl)ccc21. The van der Waals surface area contributed by atoms with Crippen LogP contribution in [0.25, 0.3) is 51.1 Å². The van der Waals surface area contributed by atoms with Crippen molar-refractivity contribution in [3.05, 3.63) is 155 Å². The first kappa shape index (κ1) is 42.8. The molecule has 0 spiro atoms. The Labute approximate surface area is 401 Å². The van der Waals surface area contributed by atoms with Gasteiger partial charge in [0.1, 0.15) is 22.8 Å². The maximum absolute atomic E-state index is 12.3. The van der Waals surface area contributed by atoms with Gasteiger partial charge in [-0.1, -0.05) is 58.5 Å². The number of carbonyl (C=O) groups is 4. The lowest BCUT2D eigenvalue weighted by Gasteiger charge is -1.99. The first-order chi connectivity index (χ1) is 32.7. The standard InChI is InChI=1S/3C12H6ClN5O.C9H7ClO/c1-5-15-16-12-14-9-8-4-6(13)2-3-7(8)11(19)10(9)17-18(5)12;1-5-15-16-12-14-10-9(17-18(5)12)7-3-2-6(13)4-8(7)11(10)19;1-5-15-16-12-14-9-7-3-2-6(13)4-8(7)11(19)10(9)17-18(5)12;10-7-2-3-8-6(5-7)1-4-9(8)11/h3*2-4H,1H3;2-3,5H,1,4H2. The zero-order chi connectivity index (χ0) is 47.3. The van der Waals surface area contributed by atoms with Crippen molar-refractivity contribution in [1.82, 2.24) is 74.4 Å². The molecule has 6 aromatic heterocycles. The Morgan fingerprint density at radius 3 is 1.29 bits per heavy atom. The maximum atomic E-state index is 12.3. The molecule has 4 aliphatic carbocycles. The fourth-order valence-corrected chi connectivity index (χ4v) is 8.77. The molecule has 68 heavy (non-hydrogen) atoms. The van der Waals surface area contributed by atoms with Gasteiger partial charge in [0.2, 0.25) is 17.3 Å². The molecule has 332 valence electrons. The van der Waals surface area contributed by atoms with Crippen molar-refractivity contribution in [3.8, 4) is 33.8 Å². The van der Waals surface area contributed by atoms with Gasteiger partial charge in [-0.15, -0.1) is 30.6 Å². The van der Waals surface area contributed by atoms with Gasteiger partial charge in [-0.25, -0.2) is 15.0 Å². The van der Waals surface area contributed by atoms with Crippen molar-refractivity contribution >= 4 is 86.9 Å². The molecular weight excluding hydrogens is 956 g/mol. The smallest absolute Gasteiger partial charge is 0.272 e. The third kappa shape index (κ3) is 7.05. The summed E-state index contributed by atoms with van der Waals surface area (Å²) in [6.45, 7) is 5.29. The van der Waals surface area contributed by atoms with Gasteiger partial charge < -0.3 is 0 Å². The van der Waals surface area contributed by atoms with Gasteiger partial charge in [0.05, 0.1) is 0 Å². The highest BCUT2D eigenvalue weighted by molar-refractivity contribution is 6.33. The van der Waals surface area contributed by atoms with E-state index in [-0.39, 0.29) is 23.1 Å².